The predicted octanol–water partition coefficient (Wildman–Crippen LogP) is 3.69. The van der Waals surface area contributed by atoms with Crippen LogP contribution in [0.2, 0.25) is 0 Å². The zero-order chi connectivity index (χ0) is 24.1. The lowest BCUT2D eigenvalue weighted by Gasteiger charge is -2.09. The minimum absolute atomic E-state index is 0.0580. The van der Waals surface area contributed by atoms with E-state index in [-0.39, 0.29) is 30.6 Å². The van der Waals surface area contributed by atoms with E-state index in [1.54, 1.807) is 56.6 Å². The number of amides is 1. The fraction of sp³-hybridized carbons (Fsp3) is 0.200. The Morgan fingerprint density at radius 1 is 1.12 bits per heavy atom. The van der Waals surface area contributed by atoms with Crippen molar-refractivity contribution in [2.75, 3.05) is 20.3 Å². The number of hydrogen-bond acceptors (Lipinski definition) is 7. The number of rotatable bonds is 8. The second-order valence-corrected chi connectivity index (χ2v) is 7.42. The highest BCUT2D eigenvalue weighted by molar-refractivity contribution is 5.98. The number of esters is 1. The summed E-state index contributed by atoms with van der Waals surface area (Å²) in [6, 6.07) is 13.9. The quantitative estimate of drug-likeness (QED) is 0.342. The van der Waals surface area contributed by atoms with Crippen LogP contribution in [0.15, 0.2) is 54.7 Å². The fourth-order valence-corrected chi connectivity index (χ4v) is 3.56. The van der Waals surface area contributed by atoms with Crippen LogP contribution in [0.5, 0.6) is 11.6 Å². The number of pyridine rings is 1. The van der Waals surface area contributed by atoms with Gasteiger partial charge < -0.3 is 24.9 Å². The Balaban J connectivity index is 1.59. The molecule has 0 fully saturated rings. The molecule has 0 spiro atoms. The van der Waals surface area contributed by atoms with Gasteiger partial charge in [-0.05, 0) is 55.0 Å². The highest BCUT2D eigenvalue weighted by atomic mass is 16.5. The van der Waals surface area contributed by atoms with Crippen LogP contribution in [0, 0.1) is 0 Å². The van der Waals surface area contributed by atoms with Crippen LogP contribution in [0.1, 0.15) is 23.7 Å². The van der Waals surface area contributed by atoms with Gasteiger partial charge in [-0.25, -0.2) is 9.97 Å². The molecule has 0 aliphatic heterocycles. The standard InChI is InChI=1S/C25H24N4O5/c1-3-34-22(31)10-12-26-24(32)16-6-8-19-20(14-16)29-23(28-19)18-13-15(7-9-21(18)30)17-5-4-11-27-25(17)33-2/h4-9,11,13-14,30H,3,10,12H2,1-2H3,(H,26,32)(H,28,29). The first kappa shape index (κ1) is 22.8. The Kier molecular flexibility index (Phi) is 6.72. The van der Waals surface area contributed by atoms with Gasteiger partial charge >= 0.3 is 5.97 Å². The summed E-state index contributed by atoms with van der Waals surface area (Å²) in [5, 5.41) is 13.2. The maximum absolute atomic E-state index is 12.5. The summed E-state index contributed by atoms with van der Waals surface area (Å²) in [6.45, 7) is 2.22. The van der Waals surface area contributed by atoms with Crippen molar-refractivity contribution in [1.29, 1.82) is 0 Å². The number of hydrogen-bond donors (Lipinski definition) is 3. The molecule has 174 valence electrons. The second-order valence-electron chi connectivity index (χ2n) is 7.42. The van der Waals surface area contributed by atoms with Gasteiger partial charge in [-0.1, -0.05) is 6.07 Å². The van der Waals surface area contributed by atoms with Gasteiger partial charge in [0.05, 0.1) is 36.7 Å². The van der Waals surface area contributed by atoms with Gasteiger partial charge in [0, 0.05) is 23.9 Å². The molecule has 0 aliphatic carbocycles. The van der Waals surface area contributed by atoms with Crippen LogP contribution in [-0.2, 0) is 9.53 Å². The number of nitrogens with one attached hydrogen (secondary N) is 2. The lowest BCUT2D eigenvalue weighted by Crippen LogP contribution is -2.26. The number of aromatic amines is 1. The number of phenolic OH excluding ortho intramolecular Hbond substituents is 1. The molecular weight excluding hydrogens is 436 g/mol. The molecule has 0 atom stereocenters. The van der Waals surface area contributed by atoms with E-state index in [9.17, 15) is 14.7 Å². The Morgan fingerprint density at radius 2 is 1.97 bits per heavy atom. The molecule has 2 heterocycles. The van der Waals surface area contributed by atoms with Gasteiger partial charge in [-0.2, -0.15) is 0 Å². The van der Waals surface area contributed by atoms with Gasteiger partial charge in [0.15, 0.2) is 0 Å². The first-order valence-corrected chi connectivity index (χ1v) is 10.8. The Bertz CT molecular complexity index is 1350. The van der Waals surface area contributed by atoms with Gasteiger partial charge in [0.25, 0.3) is 5.91 Å². The number of nitrogens with zero attached hydrogens (tertiary/aromatic N) is 2. The first-order chi connectivity index (χ1) is 16.5. The molecule has 3 N–H and O–H groups in total. The molecule has 0 bridgehead atoms. The van der Waals surface area contributed by atoms with Crippen LogP contribution in [-0.4, -0.2) is 52.2 Å². The van der Waals surface area contributed by atoms with E-state index in [2.05, 4.69) is 20.3 Å². The maximum Gasteiger partial charge on any atom is 0.307 e. The summed E-state index contributed by atoms with van der Waals surface area (Å²) in [5.74, 6) is 0.320. The number of methoxy groups -OCH3 is 1. The summed E-state index contributed by atoms with van der Waals surface area (Å²) in [4.78, 5) is 35.9. The predicted molar refractivity (Wildman–Crippen MR) is 127 cm³/mol. The van der Waals surface area contributed by atoms with Gasteiger partial charge in [0.1, 0.15) is 11.6 Å². The zero-order valence-corrected chi connectivity index (χ0v) is 18.8. The van der Waals surface area contributed by atoms with Crippen molar-refractivity contribution in [1.82, 2.24) is 20.3 Å². The minimum atomic E-state index is -0.359. The van der Waals surface area contributed by atoms with Crippen LogP contribution >= 0.6 is 0 Å². The Hall–Kier alpha value is -4.40. The van der Waals surface area contributed by atoms with Crippen molar-refractivity contribution in [3.63, 3.8) is 0 Å². The number of ether oxygens (including phenoxy) is 2. The first-order valence-electron chi connectivity index (χ1n) is 10.8. The summed E-state index contributed by atoms with van der Waals surface area (Å²) < 4.78 is 10.2. The molecule has 0 saturated carbocycles. The Labute approximate surface area is 195 Å². The lowest BCUT2D eigenvalue weighted by atomic mass is 10.0. The fourth-order valence-electron chi connectivity index (χ4n) is 3.56. The van der Waals surface area contributed by atoms with Crippen molar-refractivity contribution < 1.29 is 24.2 Å². The number of fused-ring (bicyclic) bond motifs is 1. The lowest BCUT2D eigenvalue weighted by molar-refractivity contribution is -0.142. The third kappa shape index (κ3) is 4.83. The maximum atomic E-state index is 12.5. The average molecular weight is 460 g/mol. The van der Waals surface area contributed by atoms with E-state index >= 15 is 0 Å². The number of phenols is 1. The van der Waals surface area contributed by atoms with E-state index < -0.39 is 0 Å². The molecule has 4 rings (SSSR count). The van der Waals surface area contributed by atoms with Gasteiger partial charge in [-0.3, -0.25) is 9.59 Å². The molecule has 4 aromatic rings. The van der Waals surface area contributed by atoms with Crippen molar-refractivity contribution in [3.05, 3.63) is 60.3 Å². The molecule has 0 radical (unpaired) electrons. The number of carbonyl (C=O) groups is 2. The Morgan fingerprint density at radius 3 is 2.76 bits per heavy atom. The number of aromatic hydroxyl groups is 1. The van der Waals surface area contributed by atoms with Crippen molar-refractivity contribution >= 4 is 22.9 Å². The summed E-state index contributed by atoms with van der Waals surface area (Å²) in [5.41, 5.74) is 3.78. The molecule has 34 heavy (non-hydrogen) atoms. The number of benzene rings is 2. The van der Waals surface area contributed by atoms with Crippen LogP contribution in [0.4, 0.5) is 0 Å². The molecule has 2 aromatic carbocycles. The van der Waals surface area contributed by atoms with E-state index in [0.717, 1.165) is 11.1 Å². The molecule has 0 unspecified atom stereocenters. The number of H-pyrrole nitrogens is 1. The number of carbonyl (C=O) groups excluding carboxylic acids is 2. The summed E-state index contributed by atoms with van der Waals surface area (Å²) >= 11 is 0. The molecule has 9 nitrogen and oxygen atoms in total. The normalized spacial score (nSPS) is 10.8. The minimum Gasteiger partial charge on any atom is -0.507 e. The second kappa shape index (κ2) is 10.0. The van der Waals surface area contributed by atoms with Crippen molar-refractivity contribution in [3.8, 4) is 34.1 Å². The van der Waals surface area contributed by atoms with E-state index in [4.69, 9.17) is 9.47 Å². The van der Waals surface area contributed by atoms with E-state index in [0.29, 0.717) is 40.5 Å². The zero-order valence-electron chi connectivity index (χ0n) is 18.8. The number of imidazole rings is 1. The van der Waals surface area contributed by atoms with Crippen molar-refractivity contribution in [2.45, 2.75) is 13.3 Å². The van der Waals surface area contributed by atoms with Crippen LogP contribution in [0.25, 0.3) is 33.5 Å². The molecular formula is C25H24N4O5. The van der Waals surface area contributed by atoms with E-state index in [1.165, 1.54) is 0 Å². The summed E-state index contributed by atoms with van der Waals surface area (Å²) in [6.07, 6.45) is 1.75. The van der Waals surface area contributed by atoms with E-state index in [1.807, 2.05) is 12.1 Å². The van der Waals surface area contributed by atoms with Crippen LogP contribution in [0.3, 0.4) is 0 Å². The third-order valence-electron chi connectivity index (χ3n) is 5.19. The van der Waals surface area contributed by atoms with Crippen LogP contribution < -0.4 is 10.1 Å². The molecule has 0 aliphatic rings. The largest absolute Gasteiger partial charge is 0.507 e. The molecule has 9 heteroatoms. The highest BCUT2D eigenvalue weighted by Gasteiger charge is 2.15. The topological polar surface area (TPSA) is 126 Å². The number of aromatic nitrogens is 3. The average Bonchev–Trinajstić information content (AvgIpc) is 3.27. The van der Waals surface area contributed by atoms with Gasteiger partial charge in [-0.15, -0.1) is 0 Å². The van der Waals surface area contributed by atoms with Gasteiger partial charge in [0.2, 0.25) is 5.88 Å². The molecule has 2 aromatic heterocycles. The smallest absolute Gasteiger partial charge is 0.307 e. The third-order valence-corrected chi connectivity index (χ3v) is 5.19. The SMILES string of the molecule is CCOC(=O)CCNC(=O)c1ccc2nc(-c3cc(-c4cccnc4OC)ccc3O)[nH]c2c1. The molecule has 1 amide bonds. The monoisotopic (exact) mass is 460 g/mol. The molecule has 0 saturated heterocycles. The highest BCUT2D eigenvalue weighted by Crippen LogP contribution is 2.35. The summed E-state index contributed by atoms with van der Waals surface area (Å²) in [7, 11) is 1.55. The van der Waals surface area contributed by atoms with Crippen molar-refractivity contribution in [2.24, 2.45) is 0 Å².